The number of aromatic nitrogens is 3. The van der Waals surface area contributed by atoms with E-state index in [1.807, 2.05) is 50.2 Å². The van der Waals surface area contributed by atoms with E-state index in [0.717, 1.165) is 11.0 Å². The van der Waals surface area contributed by atoms with E-state index in [9.17, 15) is 24.3 Å². The number of methoxy groups -OCH3 is 1. The zero-order chi connectivity index (χ0) is 42.0. The first-order valence-corrected chi connectivity index (χ1v) is 20.2. The van der Waals surface area contributed by atoms with Crippen molar-refractivity contribution >= 4 is 34.8 Å². The lowest BCUT2D eigenvalue weighted by molar-refractivity contribution is -0.295. The second-order valence-corrected chi connectivity index (χ2v) is 16.7. The number of esters is 1. The van der Waals surface area contributed by atoms with Crippen molar-refractivity contribution in [3.05, 3.63) is 24.3 Å². The fourth-order valence-corrected chi connectivity index (χ4v) is 8.88. The number of aliphatic hydroxyl groups excluding tert-OH is 1. The lowest BCUT2D eigenvalue weighted by atomic mass is 9.78. The molecule has 5 rings (SSSR count). The molecule has 2 amide bonds. The van der Waals surface area contributed by atoms with Gasteiger partial charge in [-0.2, -0.15) is 0 Å². The van der Waals surface area contributed by atoms with Gasteiger partial charge in [-0.3, -0.25) is 14.4 Å². The summed E-state index contributed by atoms with van der Waals surface area (Å²) in [6.45, 7) is 14.6. The van der Waals surface area contributed by atoms with Crippen LogP contribution in [0.4, 0.5) is 4.79 Å². The van der Waals surface area contributed by atoms with Crippen LogP contribution >= 0.6 is 0 Å². The van der Waals surface area contributed by atoms with Crippen LogP contribution in [0.15, 0.2) is 24.3 Å². The van der Waals surface area contributed by atoms with Gasteiger partial charge in [-0.1, -0.05) is 38.1 Å². The molecule has 1 unspecified atom stereocenters. The number of rotatable bonds is 10. The molecular formula is C40H63N7O10. The van der Waals surface area contributed by atoms with Gasteiger partial charge in [0, 0.05) is 38.1 Å². The Labute approximate surface area is 335 Å². The van der Waals surface area contributed by atoms with Crippen molar-refractivity contribution in [1.29, 1.82) is 0 Å². The van der Waals surface area contributed by atoms with Crippen LogP contribution in [0.25, 0.3) is 11.0 Å². The molecule has 318 valence electrons. The van der Waals surface area contributed by atoms with E-state index in [2.05, 4.69) is 21.1 Å². The van der Waals surface area contributed by atoms with Crippen molar-refractivity contribution in [1.82, 2.24) is 35.6 Å². The van der Waals surface area contributed by atoms with E-state index in [1.165, 1.54) is 19.0 Å². The Morgan fingerprint density at radius 2 is 1.79 bits per heavy atom. The number of fused-ring (bicyclic) bond motifs is 2. The summed E-state index contributed by atoms with van der Waals surface area (Å²) in [5.74, 6) is -4.55. The van der Waals surface area contributed by atoms with Crippen LogP contribution in [0.2, 0.25) is 0 Å². The number of nitrogens with one attached hydrogen (secondary N) is 2. The van der Waals surface area contributed by atoms with Crippen LogP contribution in [-0.4, -0.2) is 142 Å². The molecule has 57 heavy (non-hydrogen) atoms. The third kappa shape index (κ3) is 9.13. The van der Waals surface area contributed by atoms with Gasteiger partial charge in [-0.15, -0.1) is 5.10 Å². The number of cyclic esters (lactones) is 1. The normalized spacial score (nSPS) is 37.4. The molecule has 0 saturated carbocycles. The van der Waals surface area contributed by atoms with Crippen molar-refractivity contribution < 1.29 is 48.0 Å². The highest BCUT2D eigenvalue weighted by Gasteiger charge is 2.59. The SMILES string of the molecule is CC[C@@H]1OC(=O)[C@H](C)C(=O)[C@@H](C)[C@@H](O[C@@H]2O[C@H](C)C[C@H](N(C)C)[C@H]2O)[C@@](C)(OC)C[C@@H](C)C(=O)NC(C)[C@H]2N(NCCCn3nnc4ccccc43)C(=O)O[C@]12C. The average Bonchev–Trinajstić information content (AvgIpc) is 3.70. The van der Waals surface area contributed by atoms with Crippen molar-refractivity contribution in [3.8, 4) is 0 Å². The van der Waals surface area contributed by atoms with Gasteiger partial charge in [0.05, 0.1) is 29.4 Å². The number of carbonyl (C=O) groups is 4. The molecule has 1 aromatic heterocycles. The number of aryl methyl sites for hydroxylation is 1. The van der Waals surface area contributed by atoms with Gasteiger partial charge in [0.25, 0.3) is 0 Å². The summed E-state index contributed by atoms with van der Waals surface area (Å²) in [5.41, 5.74) is 2.15. The zero-order valence-corrected chi connectivity index (χ0v) is 35.3. The molecule has 3 fully saturated rings. The lowest BCUT2D eigenvalue weighted by Crippen LogP contribution is -2.63. The van der Waals surface area contributed by atoms with Crippen LogP contribution < -0.4 is 10.7 Å². The molecule has 0 spiro atoms. The van der Waals surface area contributed by atoms with E-state index in [0.29, 0.717) is 25.9 Å². The first kappa shape index (κ1) is 44.4. The third-order valence-corrected chi connectivity index (χ3v) is 12.2. The summed E-state index contributed by atoms with van der Waals surface area (Å²) < 4.78 is 32.8. The second kappa shape index (κ2) is 18.0. The average molecular weight is 802 g/mol. The largest absolute Gasteiger partial charge is 0.457 e. The van der Waals surface area contributed by atoms with E-state index in [4.69, 9.17) is 23.7 Å². The molecule has 3 aliphatic heterocycles. The number of amides is 2. The van der Waals surface area contributed by atoms with Crippen LogP contribution in [0.1, 0.15) is 81.1 Å². The van der Waals surface area contributed by atoms with E-state index in [1.54, 1.807) is 46.2 Å². The molecule has 0 aliphatic carbocycles. The minimum atomic E-state index is -1.44. The number of hydrazine groups is 1. The molecule has 3 N–H and O–H groups in total. The Morgan fingerprint density at radius 3 is 2.46 bits per heavy atom. The van der Waals surface area contributed by atoms with Gasteiger partial charge in [0.2, 0.25) is 5.91 Å². The molecule has 17 nitrogen and oxygen atoms in total. The summed E-state index contributed by atoms with van der Waals surface area (Å²) >= 11 is 0. The van der Waals surface area contributed by atoms with Gasteiger partial charge in [-0.05, 0) is 86.5 Å². The Kier molecular flexibility index (Phi) is 14.0. The predicted molar refractivity (Wildman–Crippen MR) is 208 cm³/mol. The Hall–Kier alpha value is -3.74. The summed E-state index contributed by atoms with van der Waals surface area (Å²) in [4.78, 5) is 58.1. The number of ether oxygens (including phenoxy) is 5. The first-order chi connectivity index (χ1) is 26.9. The van der Waals surface area contributed by atoms with Crippen molar-refractivity contribution in [3.63, 3.8) is 0 Å². The standard InChI is InChI=1S/C40H63N7O10/c1-12-30-40(8)33(47(38(52)57-40)41-18-15-19-46-28-17-14-13-16-27(28)43-44-46)26(6)42-35(50)22(2)21-39(7,53-11)34(24(4)31(48)25(5)36(51)55-30)56-37-32(49)29(45(9)10)20-23(3)54-37/h13-14,16-17,22-26,29-30,32-34,37,41,49H,12,15,18-21H2,1-11H3,(H,42,50)/t22-,23-,24-,25-,26?,29+,30+,32-,33-,34-,37+,39+,40-/m1/s1. The number of aliphatic hydroxyl groups is 1. The van der Waals surface area contributed by atoms with Crippen LogP contribution in [-0.2, 0) is 44.6 Å². The van der Waals surface area contributed by atoms with Gasteiger partial charge in [0.15, 0.2) is 17.7 Å². The summed E-state index contributed by atoms with van der Waals surface area (Å²) in [5, 5.41) is 24.3. The summed E-state index contributed by atoms with van der Waals surface area (Å²) in [6, 6.07) is 5.80. The summed E-state index contributed by atoms with van der Waals surface area (Å²) in [6.07, 6.45) is -3.75. The Morgan fingerprint density at radius 1 is 1.09 bits per heavy atom. The van der Waals surface area contributed by atoms with Gasteiger partial charge in [0.1, 0.15) is 29.7 Å². The summed E-state index contributed by atoms with van der Waals surface area (Å²) in [7, 11) is 5.21. The monoisotopic (exact) mass is 801 g/mol. The fourth-order valence-electron chi connectivity index (χ4n) is 8.88. The number of benzene rings is 1. The number of para-hydroxylation sites is 1. The highest BCUT2D eigenvalue weighted by molar-refractivity contribution is 6.00. The maximum atomic E-state index is 14.3. The number of nitrogens with zero attached hydrogens (tertiary/aromatic N) is 5. The molecule has 3 saturated heterocycles. The molecule has 2 aromatic rings. The van der Waals surface area contributed by atoms with Crippen molar-refractivity contribution in [2.24, 2.45) is 17.8 Å². The predicted octanol–water partition coefficient (Wildman–Crippen LogP) is 2.83. The third-order valence-electron chi connectivity index (χ3n) is 12.2. The number of likely N-dealkylation sites (N-methyl/N-ethyl adjacent to an activating group) is 1. The van der Waals surface area contributed by atoms with Crippen LogP contribution in [0, 0.1) is 17.8 Å². The molecule has 17 heteroatoms. The van der Waals surface area contributed by atoms with Gasteiger partial charge < -0.3 is 39.0 Å². The lowest BCUT2D eigenvalue weighted by Gasteiger charge is -2.46. The van der Waals surface area contributed by atoms with Gasteiger partial charge in [-0.25, -0.2) is 19.9 Å². The maximum absolute atomic E-state index is 14.3. The maximum Gasteiger partial charge on any atom is 0.425 e. The smallest absolute Gasteiger partial charge is 0.425 e. The minimum Gasteiger partial charge on any atom is -0.457 e. The number of carbonyl (C=O) groups excluding carboxylic acids is 4. The zero-order valence-electron chi connectivity index (χ0n) is 35.3. The fraction of sp³-hybridized carbons (Fsp3) is 0.750. The molecule has 0 bridgehead atoms. The quantitative estimate of drug-likeness (QED) is 0.180. The molecule has 4 heterocycles. The highest BCUT2D eigenvalue weighted by atomic mass is 16.7. The van der Waals surface area contributed by atoms with Crippen LogP contribution in [0.3, 0.4) is 0 Å². The van der Waals surface area contributed by atoms with E-state index >= 15 is 0 Å². The van der Waals surface area contributed by atoms with Crippen molar-refractivity contribution in [2.45, 2.75) is 148 Å². The molecule has 3 aliphatic rings. The molecular weight excluding hydrogens is 738 g/mol. The Balaban J connectivity index is 1.44. The minimum absolute atomic E-state index is 0.0898. The topological polar surface area (TPSA) is 196 Å². The number of hydrogen-bond acceptors (Lipinski definition) is 14. The number of ketones is 1. The van der Waals surface area contributed by atoms with E-state index < -0.39 is 83.5 Å². The molecule has 1 aromatic carbocycles. The number of hydrogen-bond donors (Lipinski definition) is 3. The van der Waals surface area contributed by atoms with Gasteiger partial charge >= 0.3 is 12.1 Å². The second-order valence-electron chi connectivity index (χ2n) is 16.7. The van der Waals surface area contributed by atoms with Crippen molar-refractivity contribution in [2.75, 3.05) is 27.7 Å². The van der Waals surface area contributed by atoms with E-state index in [-0.39, 0.29) is 30.9 Å². The first-order valence-electron chi connectivity index (χ1n) is 20.2. The van der Waals surface area contributed by atoms with Crippen LogP contribution in [0.5, 0.6) is 0 Å². The number of Topliss-reactive ketones (excluding diaryl/α,β-unsaturated/α-hetero) is 1. The molecule has 13 atom stereocenters. The highest BCUT2D eigenvalue weighted by Crippen LogP contribution is 2.39. The Bertz CT molecular complexity index is 1740. The molecule has 0 radical (unpaired) electrons.